The van der Waals surface area contributed by atoms with Crippen LogP contribution in [-0.4, -0.2) is 18.8 Å². The Hall–Kier alpha value is -1.29. The molecule has 1 aromatic carbocycles. The van der Waals surface area contributed by atoms with Gasteiger partial charge in [0.2, 0.25) is 0 Å². The third-order valence-electron chi connectivity index (χ3n) is 2.14. The van der Waals surface area contributed by atoms with E-state index >= 15 is 0 Å². The van der Waals surface area contributed by atoms with Crippen molar-refractivity contribution in [2.75, 3.05) is 19.0 Å². The van der Waals surface area contributed by atoms with Gasteiger partial charge in [0.05, 0.1) is 12.8 Å². The topological polar surface area (TPSA) is 33.3 Å². The highest BCUT2D eigenvalue weighted by Crippen LogP contribution is 2.24. The summed E-state index contributed by atoms with van der Waals surface area (Å²) in [6.45, 7) is 5.01. The summed E-state index contributed by atoms with van der Waals surface area (Å²) in [6, 6.07) is 5.95. The Bertz CT molecular complexity index is 366. The van der Waals surface area contributed by atoms with E-state index in [1.165, 1.54) is 5.56 Å². The van der Waals surface area contributed by atoms with Crippen molar-refractivity contribution in [2.24, 2.45) is 0 Å². The van der Waals surface area contributed by atoms with E-state index in [1.54, 1.807) is 7.11 Å². The van der Waals surface area contributed by atoms with E-state index < -0.39 is 0 Å². The number of methoxy groups -OCH3 is 1. The van der Waals surface area contributed by atoms with E-state index in [0.717, 1.165) is 24.4 Å². The molecule has 0 aliphatic carbocycles. The van der Waals surface area contributed by atoms with Gasteiger partial charge in [-0.15, -0.1) is 0 Å². The van der Waals surface area contributed by atoms with Crippen LogP contribution < -0.4 is 15.4 Å². The van der Waals surface area contributed by atoms with Crippen molar-refractivity contribution < 1.29 is 4.74 Å². The van der Waals surface area contributed by atoms with Crippen molar-refractivity contribution in [3.63, 3.8) is 0 Å². The summed E-state index contributed by atoms with van der Waals surface area (Å²) in [5, 5.41) is 6.88. The lowest BCUT2D eigenvalue weighted by Crippen LogP contribution is -2.29. The molecule has 0 aliphatic heterocycles. The summed E-state index contributed by atoms with van der Waals surface area (Å²) in [4.78, 5) is 0. The highest BCUT2D eigenvalue weighted by Gasteiger charge is 2.04. The number of aryl methyl sites for hydroxylation is 1. The van der Waals surface area contributed by atoms with Gasteiger partial charge in [-0.05, 0) is 43.3 Å². The van der Waals surface area contributed by atoms with Crippen LogP contribution in [0.3, 0.4) is 0 Å². The Morgan fingerprint density at radius 3 is 2.81 bits per heavy atom. The van der Waals surface area contributed by atoms with Crippen molar-refractivity contribution >= 4 is 23.0 Å². The second-order valence-corrected chi connectivity index (χ2v) is 3.99. The Labute approximate surface area is 102 Å². The summed E-state index contributed by atoms with van der Waals surface area (Å²) >= 11 is 5.17. The molecule has 0 saturated heterocycles. The molecule has 0 saturated carbocycles. The maximum Gasteiger partial charge on any atom is 0.170 e. The van der Waals surface area contributed by atoms with E-state index in [1.807, 2.05) is 25.1 Å². The number of benzene rings is 1. The van der Waals surface area contributed by atoms with E-state index in [-0.39, 0.29) is 0 Å². The quantitative estimate of drug-likeness (QED) is 0.790. The first kappa shape index (κ1) is 12.8. The number of ether oxygens (including phenoxy) is 1. The zero-order chi connectivity index (χ0) is 12.0. The smallest absolute Gasteiger partial charge is 0.170 e. The number of rotatable bonds is 4. The number of hydrogen-bond acceptors (Lipinski definition) is 2. The predicted molar refractivity (Wildman–Crippen MR) is 72.2 cm³/mol. The molecule has 2 N–H and O–H groups in total. The summed E-state index contributed by atoms with van der Waals surface area (Å²) in [5.74, 6) is 0.797. The lowest BCUT2D eigenvalue weighted by molar-refractivity contribution is 0.417. The maximum atomic E-state index is 5.26. The lowest BCUT2D eigenvalue weighted by Gasteiger charge is -2.13. The molecule has 1 rings (SSSR count). The molecule has 0 spiro atoms. The van der Waals surface area contributed by atoms with Crippen molar-refractivity contribution in [1.82, 2.24) is 5.32 Å². The normalized spacial score (nSPS) is 9.69. The number of thiocarbonyl (C=S) groups is 1. The average molecular weight is 238 g/mol. The second kappa shape index (κ2) is 6.33. The molecule has 1 aromatic rings. The zero-order valence-electron chi connectivity index (χ0n) is 9.96. The van der Waals surface area contributed by atoms with Gasteiger partial charge in [-0.3, -0.25) is 0 Å². The van der Waals surface area contributed by atoms with Gasteiger partial charge in [-0.2, -0.15) is 0 Å². The highest BCUT2D eigenvalue weighted by atomic mass is 32.1. The van der Waals surface area contributed by atoms with Crippen molar-refractivity contribution in [2.45, 2.75) is 20.3 Å². The van der Waals surface area contributed by atoms with Crippen LogP contribution in [0.15, 0.2) is 18.2 Å². The molecule has 88 valence electrons. The Morgan fingerprint density at radius 1 is 1.44 bits per heavy atom. The van der Waals surface area contributed by atoms with Crippen LogP contribution in [0.25, 0.3) is 0 Å². The van der Waals surface area contributed by atoms with Gasteiger partial charge in [-0.1, -0.05) is 13.0 Å². The molecule has 0 radical (unpaired) electrons. The Morgan fingerprint density at radius 2 is 2.19 bits per heavy atom. The van der Waals surface area contributed by atoms with Gasteiger partial charge in [0.15, 0.2) is 5.11 Å². The van der Waals surface area contributed by atoms with Crippen LogP contribution in [0.2, 0.25) is 0 Å². The van der Waals surface area contributed by atoms with Crippen LogP contribution in [0, 0.1) is 6.92 Å². The zero-order valence-corrected chi connectivity index (χ0v) is 10.8. The maximum absolute atomic E-state index is 5.26. The van der Waals surface area contributed by atoms with Gasteiger partial charge in [-0.25, -0.2) is 0 Å². The van der Waals surface area contributed by atoms with Crippen LogP contribution in [-0.2, 0) is 0 Å². The largest absolute Gasteiger partial charge is 0.495 e. The minimum atomic E-state index is 0.630. The monoisotopic (exact) mass is 238 g/mol. The second-order valence-electron chi connectivity index (χ2n) is 3.58. The number of hydrogen-bond donors (Lipinski definition) is 2. The van der Waals surface area contributed by atoms with Crippen molar-refractivity contribution in [1.29, 1.82) is 0 Å². The molecule has 0 aliphatic rings. The molecule has 3 nitrogen and oxygen atoms in total. The summed E-state index contributed by atoms with van der Waals surface area (Å²) < 4.78 is 5.26. The van der Waals surface area contributed by atoms with E-state index in [4.69, 9.17) is 17.0 Å². The SMILES string of the molecule is CCCNC(=S)Nc1cc(C)ccc1OC. The van der Waals surface area contributed by atoms with Gasteiger partial charge >= 0.3 is 0 Å². The van der Waals surface area contributed by atoms with Gasteiger partial charge in [0.1, 0.15) is 5.75 Å². The summed E-state index contributed by atoms with van der Waals surface area (Å²) in [5.41, 5.74) is 2.07. The van der Waals surface area contributed by atoms with Crippen molar-refractivity contribution in [3.8, 4) is 5.75 Å². The summed E-state index contributed by atoms with van der Waals surface area (Å²) in [6.07, 6.45) is 1.05. The fraction of sp³-hybridized carbons (Fsp3) is 0.417. The van der Waals surface area contributed by atoms with Gasteiger partial charge in [0, 0.05) is 6.54 Å². The highest BCUT2D eigenvalue weighted by molar-refractivity contribution is 7.80. The first-order chi connectivity index (χ1) is 7.67. The molecule has 0 atom stereocenters. The van der Waals surface area contributed by atoms with E-state index in [0.29, 0.717) is 5.11 Å². The molecule has 0 aromatic heterocycles. The molecule has 0 heterocycles. The fourth-order valence-electron chi connectivity index (χ4n) is 1.32. The molecule has 0 unspecified atom stereocenters. The third-order valence-corrected chi connectivity index (χ3v) is 2.39. The molecule has 0 fully saturated rings. The Kier molecular flexibility index (Phi) is 5.05. The van der Waals surface area contributed by atoms with E-state index in [9.17, 15) is 0 Å². The standard InChI is InChI=1S/C12H18N2OS/c1-4-7-13-12(16)14-10-8-9(2)5-6-11(10)15-3/h5-6,8H,4,7H2,1-3H3,(H2,13,14,16). The molecular weight excluding hydrogens is 220 g/mol. The van der Waals surface area contributed by atoms with Crippen LogP contribution >= 0.6 is 12.2 Å². The third kappa shape index (κ3) is 3.70. The fourth-order valence-corrected chi connectivity index (χ4v) is 1.54. The molecule has 0 amide bonds. The molecule has 4 heteroatoms. The van der Waals surface area contributed by atoms with Crippen LogP contribution in [0.4, 0.5) is 5.69 Å². The first-order valence-corrected chi connectivity index (χ1v) is 5.77. The first-order valence-electron chi connectivity index (χ1n) is 5.37. The van der Waals surface area contributed by atoms with Crippen LogP contribution in [0.1, 0.15) is 18.9 Å². The minimum absolute atomic E-state index is 0.630. The van der Waals surface area contributed by atoms with Crippen molar-refractivity contribution in [3.05, 3.63) is 23.8 Å². The van der Waals surface area contributed by atoms with Gasteiger partial charge in [0.25, 0.3) is 0 Å². The Balaban J connectivity index is 2.71. The molecule has 0 bridgehead atoms. The predicted octanol–water partition coefficient (Wildman–Crippen LogP) is 2.70. The average Bonchev–Trinajstić information content (AvgIpc) is 2.27. The molecule has 16 heavy (non-hydrogen) atoms. The number of anilines is 1. The summed E-state index contributed by atoms with van der Waals surface area (Å²) in [7, 11) is 1.65. The minimum Gasteiger partial charge on any atom is -0.495 e. The lowest BCUT2D eigenvalue weighted by atomic mass is 10.2. The van der Waals surface area contributed by atoms with Crippen LogP contribution in [0.5, 0.6) is 5.75 Å². The van der Waals surface area contributed by atoms with Gasteiger partial charge < -0.3 is 15.4 Å². The van der Waals surface area contributed by atoms with E-state index in [2.05, 4.69) is 17.6 Å². The number of nitrogens with one attached hydrogen (secondary N) is 2. The molecular formula is C12H18N2OS.